The van der Waals surface area contributed by atoms with E-state index in [1.165, 1.54) is 33.4 Å². The zero-order valence-corrected chi connectivity index (χ0v) is 15.2. The fraction of sp³-hybridized carbons (Fsp3) is 0.333. The number of benzene rings is 2. The van der Waals surface area contributed by atoms with Gasteiger partial charge in [-0.25, -0.2) is 0 Å². The summed E-state index contributed by atoms with van der Waals surface area (Å²) in [6, 6.07) is 15.8. The van der Waals surface area contributed by atoms with Crippen LogP contribution in [-0.2, 0) is 12.8 Å². The molecular weight excluding hydrogens is 288 g/mol. The van der Waals surface area contributed by atoms with E-state index in [2.05, 4.69) is 82.3 Å². The highest BCUT2D eigenvalue weighted by Gasteiger charge is 2.30. The molecule has 0 fully saturated rings. The van der Waals surface area contributed by atoms with Gasteiger partial charge in [0.1, 0.15) is 0 Å². The summed E-state index contributed by atoms with van der Waals surface area (Å²) in [5.41, 5.74) is 10.6. The van der Waals surface area contributed by atoms with Crippen LogP contribution in [0, 0.1) is 5.41 Å². The zero-order chi connectivity index (χ0) is 16.9. The van der Waals surface area contributed by atoms with Crippen molar-refractivity contribution in [3.63, 3.8) is 0 Å². The zero-order valence-electron chi connectivity index (χ0n) is 15.2. The molecule has 0 saturated carbocycles. The molecule has 4 rings (SSSR count). The van der Waals surface area contributed by atoms with Crippen LogP contribution in [-0.4, -0.2) is 0 Å². The van der Waals surface area contributed by atoms with Crippen LogP contribution in [0.3, 0.4) is 0 Å². The standard InChI is InChI=1S/C24H26/c1-16-12-17-8-7-9-18(22(17)13-16)14-19-15-23(24(2,3)4)21-11-6-5-10-20(19)21/h5-12,15,19H,13-14H2,1-4H3. The Kier molecular flexibility index (Phi) is 3.53. The van der Waals surface area contributed by atoms with Crippen molar-refractivity contribution in [3.05, 3.63) is 81.9 Å². The van der Waals surface area contributed by atoms with Crippen LogP contribution in [0.5, 0.6) is 0 Å². The van der Waals surface area contributed by atoms with E-state index in [1.54, 1.807) is 5.56 Å². The van der Waals surface area contributed by atoms with Crippen LogP contribution in [0.25, 0.3) is 11.6 Å². The van der Waals surface area contributed by atoms with Crippen molar-refractivity contribution in [2.75, 3.05) is 0 Å². The molecule has 2 aliphatic rings. The Balaban J connectivity index is 1.72. The van der Waals surface area contributed by atoms with Crippen LogP contribution in [0.1, 0.15) is 61.4 Å². The molecule has 2 aromatic carbocycles. The highest BCUT2D eigenvalue weighted by Crippen LogP contribution is 2.46. The Morgan fingerprint density at radius 2 is 1.79 bits per heavy atom. The number of hydrogen-bond donors (Lipinski definition) is 0. The lowest BCUT2D eigenvalue weighted by molar-refractivity contribution is 0.567. The predicted octanol–water partition coefficient (Wildman–Crippen LogP) is 6.42. The largest absolute Gasteiger partial charge is 0.0723 e. The van der Waals surface area contributed by atoms with Crippen molar-refractivity contribution in [1.29, 1.82) is 0 Å². The van der Waals surface area contributed by atoms with Gasteiger partial charge in [0.15, 0.2) is 0 Å². The highest BCUT2D eigenvalue weighted by atomic mass is 14.3. The Morgan fingerprint density at radius 3 is 2.58 bits per heavy atom. The summed E-state index contributed by atoms with van der Waals surface area (Å²) >= 11 is 0. The molecule has 0 heterocycles. The van der Waals surface area contributed by atoms with Crippen molar-refractivity contribution in [3.8, 4) is 0 Å². The molecule has 2 aliphatic carbocycles. The average molecular weight is 314 g/mol. The van der Waals surface area contributed by atoms with Crippen molar-refractivity contribution in [1.82, 2.24) is 0 Å². The normalized spacial score (nSPS) is 18.9. The van der Waals surface area contributed by atoms with E-state index in [1.807, 2.05) is 0 Å². The molecular formula is C24H26. The number of rotatable bonds is 2. The first-order valence-corrected chi connectivity index (χ1v) is 9.03. The molecule has 1 atom stereocenters. The summed E-state index contributed by atoms with van der Waals surface area (Å²) in [5, 5.41) is 0. The van der Waals surface area contributed by atoms with Gasteiger partial charge in [-0.1, -0.05) is 81.0 Å². The van der Waals surface area contributed by atoms with E-state index >= 15 is 0 Å². The van der Waals surface area contributed by atoms with Gasteiger partial charge in [-0.2, -0.15) is 0 Å². The first-order chi connectivity index (χ1) is 11.4. The molecule has 0 saturated heterocycles. The summed E-state index contributed by atoms with van der Waals surface area (Å²) in [6.45, 7) is 9.22. The van der Waals surface area contributed by atoms with Gasteiger partial charge in [-0.05, 0) is 58.6 Å². The Labute approximate surface area is 145 Å². The third kappa shape index (κ3) is 2.55. The second-order valence-electron chi connectivity index (χ2n) is 8.38. The molecule has 0 aliphatic heterocycles. The molecule has 0 heteroatoms. The highest BCUT2D eigenvalue weighted by molar-refractivity contribution is 5.78. The second-order valence-corrected chi connectivity index (χ2v) is 8.38. The minimum absolute atomic E-state index is 0.196. The van der Waals surface area contributed by atoms with Gasteiger partial charge in [0.25, 0.3) is 0 Å². The first kappa shape index (κ1) is 15.4. The fourth-order valence-electron chi connectivity index (χ4n) is 4.30. The minimum atomic E-state index is 0.196. The second kappa shape index (κ2) is 5.48. The lowest BCUT2D eigenvalue weighted by atomic mass is 9.83. The molecule has 0 N–H and O–H groups in total. The SMILES string of the molecule is CC1=Cc2cccc(CC3C=C(C(C)(C)C)c4ccccc43)c2C1. The van der Waals surface area contributed by atoms with Gasteiger partial charge in [0, 0.05) is 5.92 Å². The van der Waals surface area contributed by atoms with Crippen molar-refractivity contribution < 1.29 is 0 Å². The predicted molar refractivity (Wildman–Crippen MR) is 104 cm³/mol. The third-order valence-corrected chi connectivity index (χ3v) is 5.43. The van der Waals surface area contributed by atoms with Gasteiger partial charge in [0.05, 0.1) is 0 Å². The van der Waals surface area contributed by atoms with Gasteiger partial charge in [0.2, 0.25) is 0 Å². The van der Waals surface area contributed by atoms with Gasteiger partial charge in [-0.3, -0.25) is 0 Å². The first-order valence-electron chi connectivity index (χ1n) is 9.03. The maximum atomic E-state index is 2.53. The summed E-state index contributed by atoms with van der Waals surface area (Å²) < 4.78 is 0. The molecule has 122 valence electrons. The van der Waals surface area contributed by atoms with Crippen molar-refractivity contribution in [2.24, 2.45) is 5.41 Å². The number of allylic oxidation sites excluding steroid dienone is 3. The molecule has 0 nitrogen and oxygen atoms in total. The summed E-state index contributed by atoms with van der Waals surface area (Å²) in [7, 11) is 0. The maximum Gasteiger partial charge on any atom is 0.00707 e. The van der Waals surface area contributed by atoms with E-state index in [0.29, 0.717) is 5.92 Å². The Hall–Kier alpha value is -2.08. The minimum Gasteiger partial charge on any atom is -0.0723 e. The molecule has 0 spiro atoms. The molecule has 24 heavy (non-hydrogen) atoms. The average Bonchev–Trinajstić information content (AvgIpc) is 3.08. The van der Waals surface area contributed by atoms with Crippen molar-refractivity contribution >= 4 is 11.6 Å². The van der Waals surface area contributed by atoms with Crippen LogP contribution in [0.15, 0.2) is 54.1 Å². The number of fused-ring (bicyclic) bond motifs is 2. The van der Waals surface area contributed by atoms with Crippen molar-refractivity contribution in [2.45, 2.75) is 46.5 Å². The third-order valence-electron chi connectivity index (χ3n) is 5.43. The summed E-state index contributed by atoms with van der Waals surface area (Å²) in [4.78, 5) is 0. The fourth-order valence-corrected chi connectivity index (χ4v) is 4.30. The molecule has 0 bridgehead atoms. The van der Waals surface area contributed by atoms with E-state index in [4.69, 9.17) is 0 Å². The quantitative estimate of drug-likeness (QED) is 0.600. The van der Waals surface area contributed by atoms with Crippen LogP contribution in [0.4, 0.5) is 0 Å². The topological polar surface area (TPSA) is 0 Å². The van der Waals surface area contributed by atoms with Gasteiger partial charge >= 0.3 is 0 Å². The Morgan fingerprint density at radius 1 is 1.00 bits per heavy atom. The lowest BCUT2D eigenvalue weighted by Crippen LogP contribution is -2.06. The van der Waals surface area contributed by atoms with Crippen LogP contribution in [0.2, 0.25) is 0 Å². The Bertz CT molecular complexity index is 856. The molecule has 0 aromatic heterocycles. The van der Waals surface area contributed by atoms with Gasteiger partial charge < -0.3 is 0 Å². The summed E-state index contributed by atoms with van der Waals surface area (Å²) in [6.07, 6.45) is 7.10. The molecule has 2 aromatic rings. The molecule has 0 amide bonds. The maximum absolute atomic E-state index is 2.53. The van der Waals surface area contributed by atoms with E-state index < -0.39 is 0 Å². The summed E-state index contributed by atoms with van der Waals surface area (Å²) in [5.74, 6) is 0.503. The van der Waals surface area contributed by atoms with E-state index in [0.717, 1.165) is 12.8 Å². The monoisotopic (exact) mass is 314 g/mol. The number of hydrogen-bond acceptors (Lipinski definition) is 0. The molecule has 1 unspecified atom stereocenters. The van der Waals surface area contributed by atoms with Gasteiger partial charge in [-0.15, -0.1) is 0 Å². The van der Waals surface area contributed by atoms with E-state index in [-0.39, 0.29) is 5.41 Å². The smallest absolute Gasteiger partial charge is 0.00707 e. The lowest BCUT2D eigenvalue weighted by Gasteiger charge is -2.21. The van der Waals surface area contributed by atoms with Crippen LogP contribution >= 0.6 is 0 Å². The van der Waals surface area contributed by atoms with E-state index in [9.17, 15) is 0 Å². The van der Waals surface area contributed by atoms with Crippen LogP contribution < -0.4 is 0 Å². The molecule has 0 radical (unpaired) electrons.